The van der Waals surface area contributed by atoms with E-state index in [0.717, 1.165) is 5.56 Å². The van der Waals surface area contributed by atoms with Crippen molar-refractivity contribution in [1.82, 2.24) is 0 Å². The summed E-state index contributed by atoms with van der Waals surface area (Å²) in [5.41, 5.74) is 0.168. The van der Waals surface area contributed by atoms with Crippen LogP contribution >= 0.6 is 0 Å². The Morgan fingerprint density at radius 1 is 1.05 bits per heavy atom. The maximum Gasteiger partial charge on any atom is 0.199 e. The fraction of sp³-hybridized carbons (Fsp3) is 0.188. The molecule has 3 heteroatoms. The zero-order valence-electron chi connectivity index (χ0n) is 10.5. The summed E-state index contributed by atoms with van der Waals surface area (Å²) in [6.45, 7) is 1.74. The molecule has 1 aliphatic rings. The molecular formula is C16H14O3. The summed E-state index contributed by atoms with van der Waals surface area (Å²) in [7, 11) is 0. The van der Waals surface area contributed by atoms with Crippen molar-refractivity contribution in [3.63, 3.8) is 0 Å². The minimum absolute atomic E-state index is 0.298. The van der Waals surface area contributed by atoms with Crippen LogP contribution in [0.3, 0.4) is 0 Å². The Morgan fingerprint density at radius 2 is 1.68 bits per heavy atom. The van der Waals surface area contributed by atoms with Gasteiger partial charge in [-0.1, -0.05) is 42.5 Å². The van der Waals surface area contributed by atoms with Crippen LogP contribution in [0.1, 0.15) is 22.8 Å². The molecule has 0 aliphatic carbocycles. The molecule has 1 heterocycles. The van der Waals surface area contributed by atoms with E-state index in [9.17, 15) is 9.90 Å². The predicted octanol–water partition coefficient (Wildman–Crippen LogP) is 2.54. The van der Waals surface area contributed by atoms with Crippen molar-refractivity contribution in [2.45, 2.75) is 18.6 Å². The standard InChI is InChI=1S/C16H14O3/c1-16(11-7-3-2-4-8-11)15(18)14(17)12-9-5-6-10-13(12)19-16/h2-10,15,18H,1H3. The number of carbonyl (C=O) groups is 1. The molecule has 96 valence electrons. The summed E-state index contributed by atoms with van der Waals surface area (Å²) in [5.74, 6) is 0.220. The van der Waals surface area contributed by atoms with Crippen LogP contribution in [0.25, 0.3) is 0 Å². The maximum atomic E-state index is 12.3. The molecule has 1 aliphatic heterocycles. The van der Waals surface area contributed by atoms with Gasteiger partial charge in [-0.05, 0) is 24.6 Å². The third-order valence-corrected chi connectivity index (χ3v) is 3.59. The van der Waals surface area contributed by atoms with Crippen LogP contribution < -0.4 is 4.74 Å². The molecule has 2 aromatic rings. The number of ketones is 1. The molecule has 1 N–H and O–H groups in total. The van der Waals surface area contributed by atoms with Crippen molar-refractivity contribution in [1.29, 1.82) is 0 Å². The monoisotopic (exact) mass is 254 g/mol. The Morgan fingerprint density at radius 3 is 2.42 bits per heavy atom. The Bertz CT molecular complexity index is 621. The second kappa shape index (κ2) is 4.21. The molecule has 0 bridgehead atoms. The summed E-state index contributed by atoms with van der Waals surface area (Å²) in [4.78, 5) is 12.3. The normalized spacial score (nSPS) is 25.6. The molecular weight excluding hydrogens is 240 g/mol. The minimum Gasteiger partial charge on any atom is -0.479 e. The van der Waals surface area contributed by atoms with Gasteiger partial charge in [-0.3, -0.25) is 4.79 Å². The van der Waals surface area contributed by atoms with Gasteiger partial charge < -0.3 is 9.84 Å². The third kappa shape index (κ3) is 1.74. The fourth-order valence-corrected chi connectivity index (χ4v) is 2.43. The lowest BCUT2D eigenvalue weighted by Gasteiger charge is -2.39. The van der Waals surface area contributed by atoms with E-state index in [-0.39, 0.29) is 5.78 Å². The number of hydrogen-bond acceptors (Lipinski definition) is 3. The van der Waals surface area contributed by atoms with Gasteiger partial charge in [0.05, 0.1) is 5.56 Å². The third-order valence-electron chi connectivity index (χ3n) is 3.59. The number of aliphatic hydroxyl groups is 1. The average molecular weight is 254 g/mol. The topological polar surface area (TPSA) is 46.5 Å². The number of ether oxygens (including phenoxy) is 1. The molecule has 0 fully saturated rings. The highest BCUT2D eigenvalue weighted by molar-refractivity contribution is 6.03. The quantitative estimate of drug-likeness (QED) is 0.850. The molecule has 19 heavy (non-hydrogen) atoms. The highest BCUT2D eigenvalue weighted by Gasteiger charge is 2.46. The molecule has 0 saturated carbocycles. The van der Waals surface area contributed by atoms with E-state index >= 15 is 0 Å². The van der Waals surface area contributed by atoms with E-state index in [2.05, 4.69) is 0 Å². The van der Waals surface area contributed by atoms with E-state index in [4.69, 9.17) is 4.74 Å². The summed E-state index contributed by atoms with van der Waals surface area (Å²) >= 11 is 0. The molecule has 0 saturated heterocycles. The Balaban J connectivity index is 2.13. The number of Topliss-reactive ketones (excluding diaryl/α,β-unsaturated/α-hetero) is 1. The Hall–Kier alpha value is -2.13. The molecule has 3 nitrogen and oxygen atoms in total. The van der Waals surface area contributed by atoms with E-state index < -0.39 is 11.7 Å². The van der Waals surface area contributed by atoms with Crippen molar-refractivity contribution < 1.29 is 14.6 Å². The summed E-state index contributed by atoms with van der Waals surface area (Å²) in [5, 5.41) is 10.3. The summed E-state index contributed by atoms with van der Waals surface area (Å²) < 4.78 is 5.92. The van der Waals surface area contributed by atoms with Crippen LogP contribution in [-0.4, -0.2) is 17.0 Å². The van der Waals surface area contributed by atoms with Crippen LogP contribution in [0, 0.1) is 0 Å². The van der Waals surface area contributed by atoms with Crippen LogP contribution in [0.15, 0.2) is 54.6 Å². The largest absolute Gasteiger partial charge is 0.479 e. The lowest BCUT2D eigenvalue weighted by molar-refractivity contribution is -0.0404. The van der Waals surface area contributed by atoms with Crippen LogP contribution in [0.4, 0.5) is 0 Å². The molecule has 2 aromatic carbocycles. The molecule has 0 aromatic heterocycles. The lowest BCUT2D eigenvalue weighted by Crippen LogP contribution is -2.50. The number of para-hydroxylation sites is 1. The summed E-state index contributed by atoms with van der Waals surface area (Å²) in [6.07, 6.45) is -1.20. The number of aliphatic hydroxyl groups excluding tert-OH is 1. The SMILES string of the molecule is CC1(c2ccccc2)Oc2ccccc2C(=O)C1O. The van der Waals surface area contributed by atoms with Gasteiger partial charge in [-0.25, -0.2) is 0 Å². The van der Waals surface area contributed by atoms with Crippen molar-refractivity contribution in [2.75, 3.05) is 0 Å². The molecule has 2 atom stereocenters. The summed E-state index contributed by atoms with van der Waals surface area (Å²) in [6, 6.07) is 16.3. The van der Waals surface area contributed by atoms with Crippen molar-refractivity contribution >= 4 is 5.78 Å². The first-order valence-corrected chi connectivity index (χ1v) is 6.19. The zero-order valence-corrected chi connectivity index (χ0v) is 10.5. The van der Waals surface area contributed by atoms with Gasteiger partial charge in [0.2, 0.25) is 0 Å². The number of rotatable bonds is 1. The van der Waals surface area contributed by atoms with Crippen LogP contribution in [-0.2, 0) is 5.60 Å². The highest BCUT2D eigenvalue weighted by atomic mass is 16.5. The number of hydrogen-bond donors (Lipinski definition) is 1. The zero-order chi connectivity index (χ0) is 13.5. The van der Waals surface area contributed by atoms with E-state index in [0.29, 0.717) is 11.3 Å². The van der Waals surface area contributed by atoms with Gasteiger partial charge in [0.15, 0.2) is 17.5 Å². The van der Waals surface area contributed by atoms with Crippen molar-refractivity contribution in [2.24, 2.45) is 0 Å². The Labute approximate surface area is 111 Å². The van der Waals surface area contributed by atoms with Gasteiger partial charge in [-0.15, -0.1) is 0 Å². The predicted molar refractivity (Wildman–Crippen MR) is 71.2 cm³/mol. The first-order chi connectivity index (χ1) is 9.13. The second-order valence-electron chi connectivity index (χ2n) is 4.84. The second-order valence-corrected chi connectivity index (χ2v) is 4.84. The number of carbonyl (C=O) groups excluding carboxylic acids is 1. The smallest absolute Gasteiger partial charge is 0.199 e. The minimum atomic E-state index is -1.20. The number of benzene rings is 2. The molecule has 0 amide bonds. The highest BCUT2D eigenvalue weighted by Crippen LogP contribution is 2.39. The molecule has 0 radical (unpaired) electrons. The molecule has 0 spiro atoms. The fourth-order valence-electron chi connectivity index (χ4n) is 2.43. The van der Waals surface area contributed by atoms with Gasteiger partial charge in [0.1, 0.15) is 5.75 Å². The average Bonchev–Trinajstić information content (AvgIpc) is 2.46. The van der Waals surface area contributed by atoms with Gasteiger partial charge >= 0.3 is 0 Å². The van der Waals surface area contributed by atoms with E-state index in [1.165, 1.54) is 0 Å². The maximum absolute atomic E-state index is 12.3. The van der Waals surface area contributed by atoms with Crippen molar-refractivity contribution in [3.05, 3.63) is 65.7 Å². The van der Waals surface area contributed by atoms with Crippen LogP contribution in [0.5, 0.6) is 5.75 Å². The Kier molecular flexibility index (Phi) is 2.64. The molecule has 2 unspecified atom stereocenters. The van der Waals surface area contributed by atoms with Gasteiger partial charge in [0, 0.05) is 0 Å². The van der Waals surface area contributed by atoms with Crippen LogP contribution in [0.2, 0.25) is 0 Å². The van der Waals surface area contributed by atoms with Gasteiger partial charge in [-0.2, -0.15) is 0 Å². The lowest BCUT2D eigenvalue weighted by atomic mass is 9.83. The molecule has 3 rings (SSSR count). The van der Waals surface area contributed by atoms with Gasteiger partial charge in [0.25, 0.3) is 0 Å². The van der Waals surface area contributed by atoms with E-state index in [1.807, 2.05) is 36.4 Å². The first kappa shape index (κ1) is 11.9. The number of fused-ring (bicyclic) bond motifs is 1. The van der Waals surface area contributed by atoms with Crippen molar-refractivity contribution in [3.8, 4) is 5.75 Å². The first-order valence-electron chi connectivity index (χ1n) is 6.19. The van der Waals surface area contributed by atoms with E-state index in [1.54, 1.807) is 25.1 Å².